The molecule has 2 heterocycles. The highest BCUT2D eigenvalue weighted by molar-refractivity contribution is 6.07. The van der Waals surface area contributed by atoms with Crippen LogP contribution in [0.5, 0.6) is 0 Å². The first-order chi connectivity index (χ1) is 9.81. The van der Waals surface area contributed by atoms with Gasteiger partial charge in [0.25, 0.3) is 5.91 Å². The number of benzene rings is 1. The molecule has 0 N–H and O–H groups in total. The summed E-state index contributed by atoms with van der Waals surface area (Å²) >= 11 is 0. The molecule has 20 heavy (non-hydrogen) atoms. The minimum absolute atomic E-state index is 0.0901. The summed E-state index contributed by atoms with van der Waals surface area (Å²) in [5, 5.41) is 1.01. The Hall–Kier alpha value is -2.07. The zero-order valence-electron chi connectivity index (χ0n) is 11.4. The normalized spacial score (nSPS) is 15.5. The molecule has 0 atom stereocenters. The van der Waals surface area contributed by atoms with E-state index in [0.29, 0.717) is 32.8 Å². The SMILES string of the molecule is C=CCn1cc(C(=O)N2CCOCC2)c2ccccc21. The van der Waals surface area contributed by atoms with Crippen LogP contribution in [0.1, 0.15) is 10.4 Å². The van der Waals surface area contributed by atoms with Gasteiger partial charge in [-0.05, 0) is 6.07 Å². The number of morpholine rings is 1. The van der Waals surface area contributed by atoms with Crippen LogP contribution >= 0.6 is 0 Å². The van der Waals surface area contributed by atoms with Crippen molar-refractivity contribution in [3.8, 4) is 0 Å². The van der Waals surface area contributed by atoms with Crippen LogP contribution in [0.15, 0.2) is 43.1 Å². The maximum absolute atomic E-state index is 12.7. The zero-order chi connectivity index (χ0) is 13.9. The van der Waals surface area contributed by atoms with E-state index in [-0.39, 0.29) is 5.91 Å². The number of allylic oxidation sites excluding steroid dienone is 1. The second-order valence-electron chi connectivity index (χ2n) is 4.91. The van der Waals surface area contributed by atoms with Crippen LogP contribution in [-0.2, 0) is 11.3 Å². The lowest BCUT2D eigenvalue weighted by molar-refractivity contribution is 0.0304. The van der Waals surface area contributed by atoms with Crippen molar-refractivity contribution in [1.29, 1.82) is 0 Å². The average Bonchev–Trinajstić information content (AvgIpc) is 2.87. The Morgan fingerprint density at radius 2 is 2.05 bits per heavy atom. The number of ether oxygens (including phenoxy) is 1. The number of hydrogen-bond acceptors (Lipinski definition) is 2. The molecule has 0 saturated carbocycles. The number of rotatable bonds is 3. The van der Waals surface area contributed by atoms with Crippen molar-refractivity contribution in [3.05, 3.63) is 48.7 Å². The number of para-hydroxylation sites is 1. The first-order valence-corrected chi connectivity index (χ1v) is 6.87. The summed E-state index contributed by atoms with van der Waals surface area (Å²) in [6, 6.07) is 8.00. The third-order valence-electron chi connectivity index (χ3n) is 3.64. The number of amides is 1. The lowest BCUT2D eigenvalue weighted by Crippen LogP contribution is -2.40. The predicted molar refractivity (Wildman–Crippen MR) is 78.9 cm³/mol. The van der Waals surface area contributed by atoms with E-state index in [2.05, 4.69) is 11.1 Å². The summed E-state index contributed by atoms with van der Waals surface area (Å²) < 4.78 is 7.37. The van der Waals surface area contributed by atoms with E-state index in [1.807, 2.05) is 41.4 Å². The van der Waals surface area contributed by atoms with Crippen molar-refractivity contribution in [3.63, 3.8) is 0 Å². The molecule has 4 heteroatoms. The molecule has 104 valence electrons. The summed E-state index contributed by atoms with van der Waals surface area (Å²) in [6.07, 6.45) is 3.78. The van der Waals surface area contributed by atoms with Gasteiger partial charge < -0.3 is 14.2 Å². The first-order valence-electron chi connectivity index (χ1n) is 6.87. The van der Waals surface area contributed by atoms with Gasteiger partial charge in [0.15, 0.2) is 0 Å². The van der Waals surface area contributed by atoms with E-state index in [9.17, 15) is 4.79 Å². The third-order valence-corrected chi connectivity index (χ3v) is 3.64. The van der Waals surface area contributed by atoms with Gasteiger partial charge in [-0.3, -0.25) is 4.79 Å². The van der Waals surface area contributed by atoms with Gasteiger partial charge in [0.05, 0.1) is 18.8 Å². The van der Waals surface area contributed by atoms with Crippen LogP contribution in [-0.4, -0.2) is 41.7 Å². The molecule has 1 fully saturated rings. The smallest absolute Gasteiger partial charge is 0.256 e. The number of hydrogen-bond donors (Lipinski definition) is 0. The zero-order valence-corrected chi connectivity index (χ0v) is 11.4. The molecular weight excluding hydrogens is 252 g/mol. The fourth-order valence-electron chi connectivity index (χ4n) is 2.64. The van der Waals surface area contributed by atoms with Crippen LogP contribution in [0.4, 0.5) is 0 Å². The second kappa shape index (κ2) is 5.51. The number of nitrogens with zero attached hydrogens (tertiary/aromatic N) is 2. The van der Waals surface area contributed by atoms with E-state index >= 15 is 0 Å². The van der Waals surface area contributed by atoms with Gasteiger partial charge >= 0.3 is 0 Å². The quantitative estimate of drug-likeness (QED) is 0.802. The molecule has 0 spiro atoms. The number of aromatic nitrogens is 1. The monoisotopic (exact) mass is 270 g/mol. The fraction of sp³-hybridized carbons (Fsp3) is 0.312. The Morgan fingerprint density at radius 3 is 2.80 bits per heavy atom. The van der Waals surface area contributed by atoms with Gasteiger partial charge in [-0.25, -0.2) is 0 Å². The van der Waals surface area contributed by atoms with Crippen LogP contribution < -0.4 is 0 Å². The summed E-state index contributed by atoms with van der Waals surface area (Å²) in [6.45, 7) is 7.06. The molecule has 3 rings (SSSR count). The molecule has 0 unspecified atom stereocenters. The van der Waals surface area contributed by atoms with E-state index in [0.717, 1.165) is 16.5 Å². The number of carbonyl (C=O) groups excluding carboxylic acids is 1. The molecule has 1 aromatic carbocycles. The molecule has 4 nitrogen and oxygen atoms in total. The first kappa shape index (κ1) is 12.9. The second-order valence-corrected chi connectivity index (χ2v) is 4.91. The Balaban J connectivity index is 2.01. The van der Waals surface area contributed by atoms with Crippen molar-refractivity contribution in [2.24, 2.45) is 0 Å². The average molecular weight is 270 g/mol. The van der Waals surface area contributed by atoms with Gasteiger partial charge in [0, 0.05) is 36.7 Å². The summed E-state index contributed by atoms with van der Waals surface area (Å²) in [5.74, 6) is 0.0901. The molecule has 1 saturated heterocycles. The van der Waals surface area contributed by atoms with Crippen molar-refractivity contribution >= 4 is 16.8 Å². The molecule has 0 radical (unpaired) electrons. The predicted octanol–water partition coefficient (Wildman–Crippen LogP) is 2.30. The molecule has 1 aliphatic rings. The lowest BCUT2D eigenvalue weighted by Gasteiger charge is -2.26. The van der Waals surface area contributed by atoms with E-state index in [1.165, 1.54) is 0 Å². The van der Waals surface area contributed by atoms with E-state index in [4.69, 9.17) is 4.74 Å². The van der Waals surface area contributed by atoms with Crippen LogP contribution in [0.25, 0.3) is 10.9 Å². The highest BCUT2D eigenvalue weighted by Crippen LogP contribution is 2.23. The topological polar surface area (TPSA) is 34.5 Å². The van der Waals surface area contributed by atoms with Crippen LogP contribution in [0.2, 0.25) is 0 Å². The Kier molecular flexibility index (Phi) is 3.56. The largest absolute Gasteiger partial charge is 0.378 e. The molecule has 1 amide bonds. The third kappa shape index (κ3) is 2.23. The van der Waals surface area contributed by atoms with E-state index in [1.54, 1.807) is 0 Å². The van der Waals surface area contributed by atoms with Crippen molar-refractivity contribution in [2.75, 3.05) is 26.3 Å². The summed E-state index contributed by atoms with van der Waals surface area (Å²) in [5.41, 5.74) is 1.84. The molecule has 1 aromatic heterocycles. The molecule has 0 aliphatic carbocycles. The Morgan fingerprint density at radius 1 is 1.30 bits per heavy atom. The number of fused-ring (bicyclic) bond motifs is 1. The maximum Gasteiger partial charge on any atom is 0.256 e. The molecular formula is C16H18N2O2. The highest BCUT2D eigenvalue weighted by atomic mass is 16.5. The minimum Gasteiger partial charge on any atom is -0.378 e. The Labute approximate surface area is 118 Å². The van der Waals surface area contributed by atoms with Crippen molar-refractivity contribution in [2.45, 2.75) is 6.54 Å². The van der Waals surface area contributed by atoms with Gasteiger partial charge in [0.1, 0.15) is 0 Å². The van der Waals surface area contributed by atoms with Crippen molar-refractivity contribution < 1.29 is 9.53 Å². The van der Waals surface area contributed by atoms with Crippen LogP contribution in [0, 0.1) is 0 Å². The molecule has 1 aliphatic heterocycles. The maximum atomic E-state index is 12.7. The Bertz CT molecular complexity index is 639. The highest BCUT2D eigenvalue weighted by Gasteiger charge is 2.22. The standard InChI is InChI=1S/C16H18N2O2/c1-2-7-18-12-14(13-5-3-4-6-15(13)18)16(19)17-8-10-20-11-9-17/h2-6,12H,1,7-11H2. The van der Waals surface area contributed by atoms with E-state index < -0.39 is 0 Å². The van der Waals surface area contributed by atoms with Gasteiger partial charge in [-0.2, -0.15) is 0 Å². The molecule has 2 aromatic rings. The van der Waals surface area contributed by atoms with Crippen molar-refractivity contribution in [1.82, 2.24) is 9.47 Å². The molecule has 0 bridgehead atoms. The van der Waals surface area contributed by atoms with Gasteiger partial charge in [0.2, 0.25) is 0 Å². The van der Waals surface area contributed by atoms with Gasteiger partial charge in [-0.15, -0.1) is 6.58 Å². The fourth-order valence-corrected chi connectivity index (χ4v) is 2.64. The lowest BCUT2D eigenvalue weighted by atomic mass is 10.1. The van der Waals surface area contributed by atoms with Crippen LogP contribution in [0.3, 0.4) is 0 Å². The number of carbonyl (C=O) groups is 1. The minimum atomic E-state index is 0.0901. The summed E-state index contributed by atoms with van der Waals surface area (Å²) in [7, 11) is 0. The summed E-state index contributed by atoms with van der Waals surface area (Å²) in [4.78, 5) is 14.5. The van der Waals surface area contributed by atoms with Gasteiger partial charge in [-0.1, -0.05) is 24.3 Å².